The van der Waals surface area contributed by atoms with E-state index in [-0.39, 0.29) is 11.5 Å². The van der Waals surface area contributed by atoms with Gasteiger partial charge in [-0.25, -0.2) is 9.79 Å². The lowest BCUT2D eigenvalue weighted by atomic mass is 10.1. The van der Waals surface area contributed by atoms with Gasteiger partial charge in [-0.05, 0) is 92.5 Å². The number of aliphatic imine (C=N–C) groups is 1. The Morgan fingerprint density at radius 3 is 2.57 bits per heavy atom. The van der Waals surface area contributed by atoms with E-state index < -0.39 is 5.97 Å². The van der Waals surface area contributed by atoms with E-state index in [0.29, 0.717) is 38.7 Å². The topological polar surface area (TPSA) is 86.3 Å². The van der Waals surface area contributed by atoms with Crippen LogP contribution in [0.2, 0.25) is 5.02 Å². The third-order valence-corrected chi connectivity index (χ3v) is 7.72. The van der Waals surface area contributed by atoms with Crippen LogP contribution < -0.4 is 4.90 Å². The van der Waals surface area contributed by atoms with Crippen molar-refractivity contribution in [3.05, 3.63) is 75.8 Å². The van der Waals surface area contributed by atoms with E-state index in [9.17, 15) is 14.7 Å². The van der Waals surface area contributed by atoms with E-state index in [2.05, 4.69) is 17.0 Å². The number of rotatable bonds is 6. The lowest BCUT2D eigenvalue weighted by Crippen LogP contribution is -2.29. The Balaban J connectivity index is 1.36. The van der Waals surface area contributed by atoms with E-state index >= 15 is 0 Å². The van der Waals surface area contributed by atoms with Gasteiger partial charge in [0.15, 0.2) is 5.17 Å². The highest BCUT2D eigenvalue weighted by molar-refractivity contribution is 8.18. The quantitative estimate of drug-likeness (QED) is 0.345. The fourth-order valence-corrected chi connectivity index (χ4v) is 5.68. The number of amidine groups is 1. The highest BCUT2D eigenvalue weighted by Crippen LogP contribution is 2.36. The van der Waals surface area contributed by atoms with Crippen LogP contribution in [-0.4, -0.2) is 46.7 Å². The number of halogens is 1. The number of likely N-dealkylation sites (N-methyl/N-ethyl adjacent to an activating group) is 1. The highest BCUT2D eigenvalue weighted by Gasteiger charge is 2.32. The summed E-state index contributed by atoms with van der Waals surface area (Å²) >= 11 is 7.58. The van der Waals surface area contributed by atoms with Crippen LogP contribution in [-0.2, 0) is 4.79 Å². The Bertz CT molecular complexity index is 1390. The van der Waals surface area contributed by atoms with Crippen molar-refractivity contribution in [3.63, 3.8) is 0 Å². The highest BCUT2D eigenvalue weighted by atomic mass is 35.5. The summed E-state index contributed by atoms with van der Waals surface area (Å²) in [5.41, 5.74) is 2.58. The minimum atomic E-state index is -1.05. The van der Waals surface area contributed by atoms with Crippen molar-refractivity contribution < 1.29 is 19.1 Å². The van der Waals surface area contributed by atoms with Gasteiger partial charge in [-0.3, -0.25) is 9.69 Å². The first-order valence-electron chi connectivity index (χ1n) is 12.2. The lowest BCUT2D eigenvalue weighted by molar-refractivity contribution is -0.122. The zero-order valence-corrected chi connectivity index (χ0v) is 21.9. The van der Waals surface area contributed by atoms with Gasteiger partial charge in [-0.15, -0.1) is 0 Å². The monoisotopic (exact) mass is 535 g/mol. The van der Waals surface area contributed by atoms with Crippen molar-refractivity contribution in [2.24, 2.45) is 4.99 Å². The number of amides is 1. The smallest absolute Gasteiger partial charge is 0.335 e. The number of carboxylic acid groups (broad SMARTS) is 1. The number of hydrogen-bond acceptors (Lipinski definition) is 6. The maximum Gasteiger partial charge on any atom is 0.335 e. The van der Waals surface area contributed by atoms with Crippen molar-refractivity contribution in [1.82, 2.24) is 4.90 Å². The molecule has 0 unspecified atom stereocenters. The lowest BCUT2D eigenvalue weighted by Gasteiger charge is -2.28. The number of hydrogen-bond donors (Lipinski definition) is 1. The van der Waals surface area contributed by atoms with E-state index in [1.165, 1.54) is 54.9 Å². The van der Waals surface area contributed by atoms with Gasteiger partial charge in [0, 0.05) is 37.0 Å². The van der Waals surface area contributed by atoms with Gasteiger partial charge in [0.25, 0.3) is 5.91 Å². The molecule has 0 radical (unpaired) electrons. The van der Waals surface area contributed by atoms with Crippen LogP contribution in [0.4, 0.5) is 11.4 Å². The maximum absolute atomic E-state index is 13.1. The fraction of sp³-hybridized carbons (Fsp3) is 0.250. The third kappa shape index (κ3) is 5.45. The Morgan fingerprint density at radius 1 is 1.11 bits per heavy atom. The first kappa shape index (κ1) is 25.2. The second-order valence-corrected chi connectivity index (χ2v) is 10.2. The van der Waals surface area contributed by atoms with E-state index in [4.69, 9.17) is 21.0 Å². The van der Waals surface area contributed by atoms with Gasteiger partial charge in [0.2, 0.25) is 0 Å². The fourth-order valence-electron chi connectivity index (χ4n) is 4.42. The first-order chi connectivity index (χ1) is 17.9. The van der Waals surface area contributed by atoms with Gasteiger partial charge < -0.3 is 14.4 Å². The normalized spacial score (nSPS) is 18.3. The molecule has 0 saturated carbocycles. The van der Waals surface area contributed by atoms with Gasteiger partial charge in [0.05, 0.1) is 21.2 Å². The van der Waals surface area contributed by atoms with E-state index in [1.54, 1.807) is 23.1 Å². The molecule has 2 aliphatic rings. The number of carbonyl (C=O) groups is 2. The second-order valence-electron chi connectivity index (χ2n) is 8.82. The average Bonchev–Trinajstić information content (AvgIpc) is 3.49. The summed E-state index contributed by atoms with van der Waals surface area (Å²) in [7, 11) is 0. The molecule has 2 aliphatic heterocycles. The molecule has 1 N–H and O–H groups in total. The summed E-state index contributed by atoms with van der Waals surface area (Å²) in [6.45, 7) is 4.58. The van der Waals surface area contributed by atoms with Gasteiger partial charge in [0.1, 0.15) is 11.5 Å². The van der Waals surface area contributed by atoms with Crippen molar-refractivity contribution >= 4 is 57.9 Å². The Labute approximate surface area is 224 Å². The number of piperidine rings is 1. The Hall–Kier alpha value is -3.49. The standard InChI is InChI=1S/C28H26ClN3O4S/c1-2-32-26(33)25(17-21-11-13-24(36-21)22-16-18(27(34)35)6-12-23(22)29)37-28(32)30-19-7-9-20(10-8-19)31-14-4-3-5-15-31/h6-13,16-17H,2-5,14-15H2,1H3,(H,34,35)/b25-17-,30-28?. The Morgan fingerprint density at radius 2 is 1.86 bits per heavy atom. The second kappa shape index (κ2) is 10.9. The number of furan rings is 1. The third-order valence-electron chi connectivity index (χ3n) is 6.38. The molecule has 0 atom stereocenters. The number of benzene rings is 2. The number of anilines is 1. The van der Waals surface area contributed by atoms with Crippen LogP contribution in [0, 0.1) is 0 Å². The molecule has 2 saturated heterocycles. The number of carbonyl (C=O) groups excluding carboxylic acids is 1. The summed E-state index contributed by atoms with van der Waals surface area (Å²) in [5.74, 6) is -0.302. The predicted molar refractivity (Wildman–Crippen MR) is 149 cm³/mol. The van der Waals surface area contributed by atoms with Gasteiger partial charge in [-0.2, -0.15) is 0 Å². The van der Waals surface area contributed by atoms with Crippen LogP contribution in [0.25, 0.3) is 17.4 Å². The minimum Gasteiger partial charge on any atom is -0.478 e. The minimum absolute atomic E-state index is 0.112. The van der Waals surface area contributed by atoms with Crippen LogP contribution in [0.5, 0.6) is 0 Å². The molecule has 37 heavy (non-hydrogen) atoms. The zero-order chi connectivity index (χ0) is 25.9. The molecule has 3 heterocycles. The number of carboxylic acids is 1. The van der Waals surface area contributed by atoms with Gasteiger partial charge in [-0.1, -0.05) is 11.6 Å². The van der Waals surface area contributed by atoms with Crippen molar-refractivity contribution in [1.29, 1.82) is 0 Å². The summed E-state index contributed by atoms with van der Waals surface area (Å²) in [6, 6.07) is 16.0. The van der Waals surface area contributed by atoms with Crippen LogP contribution >= 0.6 is 23.4 Å². The summed E-state index contributed by atoms with van der Waals surface area (Å²) in [6.07, 6.45) is 5.42. The number of thioether (sulfide) groups is 1. The summed E-state index contributed by atoms with van der Waals surface area (Å²) in [5, 5.41) is 10.3. The molecule has 0 aliphatic carbocycles. The Kier molecular flexibility index (Phi) is 7.39. The molecule has 2 aromatic carbocycles. The van der Waals surface area contributed by atoms with Crippen molar-refractivity contribution in [3.8, 4) is 11.3 Å². The summed E-state index contributed by atoms with van der Waals surface area (Å²) < 4.78 is 5.91. The van der Waals surface area contributed by atoms with Crippen LogP contribution in [0.3, 0.4) is 0 Å². The molecular weight excluding hydrogens is 510 g/mol. The maximum atomic E-state index is 13.1. The molecule has 190 valence electrons. The molecule has 0 spiro atoms. The zero-order valence-electron chi connectivity index (χ0n) is 20.3. The molecule has 5 rings (SSSR count). The number of aromatic carboxylic acids is 1. The molecular formula is C28H26ClN3O4S. The number of nitrogens with zero attached hydrogens (tertiary/aromatic N) is 3. The van der Waals surface area contributed by atoms with Crippen LogP contribution in [0.15, 0.2) is 68.9 Å². The predicted octanol–water partition coefficient (Wildman–Crippen LogP) is 6.91. The molecule has 2 fully saturated rings. The molecule has 3 aromatic rings. The van der Waals surface area contributed by atoms with Crippen LogP contribution in [0.1, 0.15) is 42.3 Å². The molecule has 9 heteroatoms. The molecule has 7 nitrogen and oxygen atoms in total. The molecule has 1 amide bonds. The van der Waals surface area contributed by atoms with Crippen molar-refractivity contribution in [2.45, 2.75) is 26.2 Å². The van der Waals surface area contributed by atoms with Crippen molar-refractivity contribution in [2.75, 3.05) is 24.5 Å². The average molecular weight is 536 g/mol. The van der Waals surface area contributed by atoms with E-state index in [1.807, 2.05) is 19.1 Å². The van der Waals surface area contributed by atoms with E-state index in [0.717, 1.165) is 18.8 Å². The molecule has 1 aromatic heterocycles. The summed E-state index contributed by atoms with van der Waals surface area (Å²) in [4.78, 5) is 33.7. The largest absolute Gasteiger partial charge is 0.478 e. The molecule has 0 bridgehead atoms. The SMILES string of the molecule is CCN1C(=O)/C(=C/c2ccc(-c3cc(C(=O)O)ccc3Cl)o2)SC1=Nc1ccc(N2CCCCC2)cc1. The first-order valence-corrected chi connectivity index (χ1v) is 13.4. The van der Waals surface area contributed by atoms with Gasteiger partial charge >= 0.3 is 5.97 Å².